The summed E-state index contributed by atoms with van der Waals surface area (Å²) in [5.74, 6) is -0.487. The van der Waals surface area contributed by atoms with Crippen molar-refractivity contribution < 1.29 is 17.9 Å². The molecule has 0 bridgehead atoms. The first kappa shape index (κ1) is 28.8. The zero-order chi connectivity index (χ0) is 28.5. The van der Waals surface area contributed by atoms with Crippen molar-refractivity contribution in [3.8, 4) is 11.1 Å². The third kappa shape index (κ3) is 7.66. The number of sulfonamides is 1. The molecule has 0 saturated carbocycles. The number of nitrogens with two attached hydrogens (primary N) is 1. The average molecular weight is 575 g/mol. The molecule has 0 unspecified atom stereocenters. The van der Waals surface area contributed by atoms with Gasteiger partial charge in [0.2, 0.25) is 10.0 Å². The van der Waals surface area contributed by atoms with Gasteiger partial charge in [0.1, 0.15) is 0 Å². The minimum atomic E-state index is -3.98. The number of benzene rings is 4. The third-order valence-electron chi connectivity index (χ3n) is 5.98. The number of carbonyl (C=O) groups excluding carboxylic acids is 1. The topological polar surface area (TPSA) is 123 Å². The fraction of sp³-hybridized carbons (Fsp3) is 0.133. The maximum Gasteiger partial charge on any atom is 0.307 e. The molecule has 4 aromatic carbocycles. The molecule has 4 aromatic rings. The van der Waals surface area contributed by atoms with Gasteiger partial charge in [-0.15, -0.1) is 0 Å². The number of para-hydroxylation sites is 2. The van der Waals surface area contributed by atoms with Crippen molar-refractivity contribution in [1.82, 2.24) is 4.72 Å². The number of rotatable bonds is 10. The first-order valence-corrected chi connectivity index (χ1v) is 14.5. The Bertz CT molecular complexity index is 1590. The summed E-state index contributed by atoms with van der Waals surface area (Å²) >= 11 is 5.44. The maximum absolute atomic E-state index is 13.4. The molecule has 10 heteroatoms. The Kier molecular flexibility index (Phi) is 9.49. The molecule has 0 spiro atoms. The van der Waals surface area contributed by atoms with E-state index in [0.717, 1.165) is 11.3 Å². The van der Waals surface area contributed by atoms with Crippen LogP contribution in [0.5, 0.6) is 0 Å². The lowest BCUT2D eigenvalue weighted by Gasteiger charge is -2.19. The average Bonchev–Trinajstić information content (AvgIpc) is 2.95. The standard InChI is InChI=1S/C30H30N4O4S2/c1-2-38-29(35)20-28(21-10-4-3-5-11-21)34-40(36,37)25-15-9-13-23(19-25)22-12-8-14-24(18-22)32-30(39)33-27-17-7-6-16-26(27)31/h3-19,28,34H,2,20,31H2,1H3,(H2,32,33,39)/t28-/m1/s1. The Morgan fingerprint density at radius 2 is 1.55 bits per heavy atom. The molecule has 8 nitrogen and oxygen atoms in total. The summed E-state index contributed by atoms with van der Waals surface area (Å²) < 4.78 is 34.6. The van der Waals surface area contributed by atoms with Crippen molar-refractivity contribution in [3.05, 3.63) is 109 Å². The van der Waals surface area contributed by atoms with Gasteiger partial charge in [-0.2, -0.15) is 0 Å². The van der Waals surface area contributed by atoms with Crippen LogP contribution in [-0.2, 0) is 19.6 Å². The summed E-state index contributed by atoms with van der Waals surface area (Å²) in [6.45, 7) is 1.92. The summed E-state index contributed by atoms with van der Waals surface area (Å²) in [6, 6.07) is 29.5. The minimum absolute atomic E-state index is 0.0740. The molecule has 4 rings (SSSR count). The van der Waals surface area contributed by atoms with Crippen LogP contribution >= 0.6 is 12.2 Å². The number of nitrogens with one attached hydrogen (secondary N) is 3. The van der Waals surface area contributed by atoms with Crippen LogP contribution in [0.25, 0.3) is 11.1 Å². The molecule has 206 valence electrons. The SMILES string of the molecule is CCOC(=O)C[C@@H](NS(=O)(=O)c1cccc(-c2cccc(NC(=S)Nc3ccccc3N)c2)c1)c1ccccc1. The fourth-order valence-corrected chi connectivity index (χ4v) is 5.57. The molecule has 0 aliphatic carbocycles. The third-order valence-corrected chi connectivity index (χ3v) is 7.66. The highest BCUT2D eigenvalue weighted by atomic mass is 32.2. The van der Waals surface area contributed by atoms with Gasteiger partial charge in [0, 0.05) is 5.69 Å². The first-order valence-electron chi connectivity index (χ1n) is 12.6. The second-order valence-corrected chi connectivity index (χ2v) is 11.0. The summed E-state index contributed by atoms with van der Waals surface area (Å²) in [6.07, 6.45) is -0.132. The summed E-state index contributed by atoms with van der Waals surface area (Å²) in [7, 11) is -3.98. The van der Waals surface area contributed by atoms with Gasteiger partial charge in [-0.25, -0.2) is 13.1 Å². The lowest BCUT2D eigenvalue weighted by atomic mass is 10.1. The summed E-state index contributed by atoms with van der Waals surface area (Å²) in [4.78, 5) is 12.3. The first-order chi connectivity index (χ1) is 19.2. The highest BCUT2D eigenvalue weighted by molar-refractivity contribution is 7.89. The molecule has 40 heavy (non-hydrogen) atoms. The number of ether oxygens (including phenoxy) is 1. The van der Waals surface area contributed by atoms with E-state index >= 15 is 0 Å². The molecule has 0 saturated heterocycles. The van der Waals surface area contributed by atoms with Gasteiger partial charge in [0.15, 0.2) is 5.11 Å². The van der Waals surface area contributed by atoms with E-state index in [1.807, 2.05) is 54.6 Å². The van der Waals surface area contributed by atoms with E-state index in [2.05, 4.69) is 15.4 Å². The Morgan fingerprint density at radius 3 is 2.27 bits per heavy atom. The number of carbonyl (C=O) groups is 1. The van der Waals surface area contributed by atoms with Crippen molar-refractivity contribution in [2.45, 2.75) is 24.3 Å². The van der Waals surface area contributed by atoms with Gasteiger partial charge in [-0.3, -0.25) is 4.79 Å². The van der Waals surface area contributed by atoms with Gasteiger partial charge >= 0.3 is 5.97 Å². The molecule has 0 aromatic heterocycles. The van der Waals surface area contributed by atoms with Crippen LogP contribution in [0.15, 0.2) is 108 Å². The fourth-order valence-electron chi connectivity index (χ4n) is 4.07. The van der Waals surface area contributed by atoms with Crippen LogP contribution in [0.2, 0.25) is 0 Å². The molecule has 0 heterocycles. The highest BCUT2D eigenvalue weighted by Gasteiger charge is 2.24. The molecule has 0 aliphatic heterocycles. The van der Waals surface area contributed by atoms with Crippen molar-refractivity contribution >= 4 is 50.4 Å². The number of esters is 1. The van der Waals surface area contributed by atoms with Crippen molar-refractivity contribution in [2.75, 3.05) is 23.0 Å². The molecule has 0 radical (unpaired) electrons. The van der Waals surface area contributed by atoms with Gasteiger partial charge in [0.25, 0.3) is 0 Å². The molecule has 0 aliphatic rings. The second kappa shape index (κ2) is 13.2. The predicted octanol–water partition coefficient (Wildman–Crippen LogP) is 5.72. The van der Waals surface area contributed by atoms with Crippen LogP contribution < -0.4 is 21.1 Å². The Balaban J connectivity index is 1.53. The highest BCUT2D eigenvalue weighted by Crippen LogP contribution is 2.27. The summed E-state index contributed by atoms with van der Waals surface area (Å²) in [5.41, 5.74) is 10.1. The number of thiocarbonyl (C=S) groups is 1. The number of anilines is 3. The van der Waals surface area contributed by atoms with Crippen molar-refractivity contribution in [3.63, 3.8) is 0 Å². The van der Waals surface area contributed by atoms with Crippen LogP contribution in [0.4, 0.5) is 17.1 Å². The Morgan fingerprint density at radius 1 is 0.875 bits per heavy atom. The molecule has 0 fully saturated rings. The molecule has 5 N–H and O–H groups in total. The molecular formula is C30H30N4O4S2. The van der Waals surface area contributed by atoms with E-state index in [9.17, 15) is 13.2 Å². The number of hydrogen-bond acceptors (Lipinski definition) is 6. The monoisotopic (exact) mass is 574 g/mol. The van der Waals surface area contributed by atoms with E-state index in [1.165, 1.54) is 6.07 Å². The van der Waals surface area contributed by atoms with Crippen molar-refractivity contribution in [1.29, 1.82) is 0 Å². The van der Waals surface area contributed by atoms with Crippen LogP contribution in [-0.4, -0.2) is 26.1 Å². The van der Waals surface area contributed by atoms with E-state index in [4.69, 9.17) is 22.7 Å². The zero-order valence-corrected chi connectivity index (χ0v) is 23.5. The summed E-state index contributed by atoms with van der Waals surface area (Å²) in [5, 5.41) is 6.58. The van der Waals surface area contributed by atoms with Crippen LogP contribution in [0, 0.1) is 0 Å². The van der Waals surface area contributed by atoms with E-state index in [1.54, 1.807) is 49.4 Å². The molecule has 1 atom stereocenters. The normalized spacial score (nSPS) is 11.8. The van der Waals surface area contributed by atoms with Crippen LogP contribution in [0.1, 0.15) is 24.9 Å². The van der Waals surface area contributed by atoms with Gasteiger partial charge in [0.05, 0.1) is 35.3 Å². The van der Waals surface area contributed by atoms with Crippen LogP contribution in [0.3, 0.4) is 0 Å². The number of nitrogen functional groups attached to an aromatic ring is 1. The Hall–Kier alpha value is -4.25. The zero-order valence-electron chi connectivity index (χ0n) is 21.8. The molecule has 0 amide bonds. The second-order valence-electron chi connectivity index (χ2n) is 8.87. The van der Waals surface area contributed by atoms with E-state index < -0.39 is 22.0 Å². The quantitative estimate of drug-likeness (QED) is 0.108. The van der Waals surface area contributed by atoms with Gasteiger partial charge in [-0.05, 0) is 72.2 Å². The van der Waals surface area contributed by atoms with E-state index in [0.29, 0.717) is 27.6 Å². The smallest absolute Gasteiger partial charge is 0.307 e. The maximum atomic E-state index is 13.4. The lowest BCUT2D eigenvalue weighted by Crippen LogP contribution is -2.30. The van der Waals surface area contributed by atoms with Gasteiger partial charge < -0.3 is 21.1 Å². The van der Waals surface area contributed by atoms with E-state index in [-0.39, 0.29) is 17.9 Å². The molecular weight excluding hydrogens is 544 g/mol. The number of hydrogen-bond donors (Lipinski definition) is 4. The Labute approximate surface area is 239 Å². The lowest BCUT2D eigenvalue weighted by molar-refractivity contribution is -0.143. The predicted molar refractivity (Wildman–Crippen MR) is 163 cm³/mol. The largest absolute Gasteiger partial charge is 0.466 e. The van der Waals surface area contributed by atoms with Gasteiger partial charge in [-0.1, -0.05) is 66.7 Å². The minimum Gasteiger partial charge on any atom is -0.466 e. The van der Waals surface area contributed by atoms with Crippen molar-refractivity contribution in [2.24, 2.45) is 0 Å².